The van der Waals surface area contributed by atoms with Gasteiger partial charge in [0.1, 0.15) is 5.69 Å². The smallest absolute Gasteiger partial charge is 0.319 e. The molecule has 5 nitrogen and oxygen atoms in total. The highest BCUT2D eigenvalue weighted by molar-refractivity contribution is 5.88. The monoisotopic (exact) mass is 257 g/mol. The number of urea groups is 1. The Bertz CT molecular complexity index is 620. The van der Waals surface area contributed by atoms with Crippen molar-refractivity contribution < 1.29 is 4.79 Å². The van der Waals surface area contributed by atoms with Crippen LogP contribution in [0.3, 0.4) is 0 Å². The number of pyridine rings is 1. The summed E-state index contributed by atoms with van der Waals surface area (Å²) in [5.41, 5.74) is 1.02. The lowest BCUT2D eigenvalue weighted by molar-refractivity contribution is 0.251. The van der Waals surface area contributed by atoms with Gasteiger partial charge in [-0.25, -0.2) is 4.79 Å². The zero-order valence-corrected chi connectivity index (χ0v) is 10.6. The fraction of sp³-hybridized carbons (Fsp3) is 0.143. The number of rotatable bonds is 3. The van der Waals surface area contributed by atoms with E-state index >= 15 is 0 Å². The molecule has 0 aliphatic rings. The van der Waals surface area contributed by atoms with Crippen LogP contribution < -0.4 is 16.2 Å². The van der Waals surface area contributed by atoms with Gasteiger partial charge in [0.15, 0.2) is 0 Å². The van der Waals surface area contributed by atoms with Gasteiger partial charge in [-0.3, -0.25) is 4.79 Å². The van der Waals surface area contributed by atoms with Crippen molar-refractivity contribution in [3.8, 4) is 0 Å². The van der Waals surface area contributed by atoms with E-state index in [4.69, 9.17) is 0 Å². The maximum absolute atomic E-state index is 11.7. The summed E-state index contributed by atoms with van der Waals surface area (Å²) in [6.07, 6.45) is 1.63. The first-order valence-corrected chi connectivity index (χ1v) is 5.91. The normalized spacial score (nSPS) is 9.95. The molecule has 0 saturated heterocycles. The van der Waals surface area contributed by atoms with Crippen LogP contribution in [-0.2, 0) is 13.6 Å². The fourth-order valence-corrected chi connectivity index (χ4v) is 1.64. The summed E-state index contributed by atoms with van der Waals surface area (Å²) < 4.78 is 1.41. The van der Waals surface area contributed by atoms with E-state index < -0.39 is 6.03 Å². The lowest BCUT2D eigenvalue weighted by Gasteiger charge is -2.08. The van der Waals surface area contributed by atoms with Crippen molar-refractivity contribution in [1.82, 2.24) is 9.88 Å². The maximum Gasteiger partial charge on any atom is 0.319 e. The minimum atomic E-state index is -0.396. The van der Waals surface area contributed by atoms with Gasteiger partial charge in [0.2, 0.25) is 0 Å². The molecule has 2 aromatic rings. The van der Waals surface area contributed by atoms with Crippen LogP contribution in [0.4, 0.5) is 10.5 Å². The van der Waals surface area contributed by atoms with Gasteiger partial charge < -0.3 is 15.2 Å². The highest BCUT2D eigenvalue weighted by Gasteiger charge is 2.05. The molecule has 2 rings (SSSR count). The second-order valence-corrected chi connectivity index (χ2v) is 4.13. The Morgan fingerprint density at radius 1 is 1.16 bits per heavy atom. The number of aryl methyl sites for hydroxylation is 1. The molecule has 0 atom stereocenters. The number of hydrogen-bond acceptors (Lipinski definition) is 2. The van der Waals surface area contributed by atoms with Crippen LogP contribution >= 0.6 is 0 Å². The van der Waals surface area contributed by atoms with Gasteiger partial charge in [0, 0.05) is 19.8 Å². The van der Waals surface area contributed by atoms with Gasteiger partial charge in [-0.05, 0) is 17.7 Å². The van der Waals surface area contributed by atoms with E-state index in [-0.39, 0.29) is 11.2 Å². The number of hydrogen-bond donors (Lipinski definition) is 2. The van der Waals surface area contributed by atoms with Crippen molar-refractivity contribution in [3.05, 3.63) is 64.6 Å². The zero-order chi connectivity index (χ0) is 13.7. The number of anilines is 1. The minimum Gasteiger partial charge on any atom is -0.334 e. The van der Waals surface area contributed by atoms with Gasteiger partial charge >= 0.3 is 6.03 Å². The Morgan fingerprint density at radius 2 is 1.89 bits per heavy atom. The number of nitrogens with zero attached hydrogens (tertiary/aromatic N) is 1. The molecule has 5 heteroatoms. The third kappa shape index (κ3) is 3.45. The van der Waals surface area contributed by atoms with Crippen molar-refractivity contribution in [2.75, 3.05) is 5.32 Å². The van der Waals surface area contributed by atoms with Crippen molar-refractivity contribution in [1.29, 1.82) is 0 Å². The van der Waals surface area contributed by atoms with Crippen LogP contribution in [0.1, 0.15) is 5.56 Å². The second kappa shape index (κ2) is 5.86. The molecule has 1 aromatic carbocycles. The molecule has 0 spiro atoms. The fourth-order valence-electron chi connectivity index (χ4n) is 1.64. The Kier molecular flexibility index (Phi) is 3.97. The van der Waals surface area contributed by atoms with Crippen molar-refractivity contribution in [2.24, 2.45) is 7.05 Å². The third-order valence-electron chi connectivity index (χ3n) is 2.67. The molecule has 0 aliphatic heterocycles. The number of carbonyl (C=O) groups is 1. The van der Waals surface area contributed by atoms with E-state index in [0.717, 1.165) is 5.56 Å². The zero-order valence-electron chi connectivity index (χ0n) is 10.6. The summed E-state index contributed by atoms with van der Waals surface area (Å²) in [4.78, 5) is 23.4. The van der Waals surface area contributed by atoms with Crippen LogP contribution in [0.2, 0.25) is 0 Å². The third-order valence-corrected chi connectivity index (χ3v) is 2.67. The number of aromatic nitrogens is 1. The van der Waals surface area contributed by atoms with Crippen LogP contribution in [-0.4, -0.2) is 10.6 Å². The molecule has 2 N–H and O–H groups in total. The lowest BCUT2D eigenvalue weighted by atomic mass is 10.2. The Morgan fingerprint density at radius 3 is 2.63 bits per heavy atom. The second-order valence-electron chi connectivity index (χ2n) is 4.13. The molecule has 0 unspecified atom stereocenters. The standard InChI is InChI=1S/C14H15N3O2/c1-17-9-5-8-12(13(17)18)16-14(19)15-10-11-6-3-2-4-7-11/h2-9H,10H2,1H3,(H2,15,16,19). The van der Waals surface area contributed by atoms with Gasteiger partial charge in [-0.1, -0.05) is 30.3 Å². The highest BCUT2D eigenvalue weighted by Crippen LogP contribution is 1.99. The van der Waals surface area contributed by atoms with E-state index in [1.807, 2.05) is 30.3 Å². The maximum atomic E-state index is 11.7. The summed E-state index contributed by atoms with van der Waals surface area (Å²) >= 11 is 0. The van der Waals surface area contributed by atoms with Crippen LogP contribution in [0, 0.1) is 0 Å². The molecule has 2 amide bonds. The summed E-state index contributed by atoms with van der Waals surface area (Å²) in [6, 6.07) is 12.4. The first-order valence-electron chi connectivity index (χ1n) is 5.91. The van der Waals surface area contributed by atoms with Crippen LogP contribution in [0.5, 0.6) is 0 Å². The molecule has 0 aliphatic carbocycles. The first kappa shape index (κ1) is 12.9. The molecule has 0 radical (unpaired) electrons. The Balaban J connectivity index is 1.95. The summed E-state index contributed by atoms with van der Waals surface area (Å²) in [5, 5.41) is 5.23. The molecule has 0 saturated carbocycles. The minimum absolute atomic E-state index is 0.239. The van der Waals surface area contributed by atoms with E-state index in [9.17, 15) is 9.59 Å². The van der Waals surface area contributed by atoms with Gasteiger partial charge in [0.25, 0.3) is 5.56 Å². The highest BCUT2D eigenvalue weighted by atomic mass is 16.2. The molecule has 0 bridgehead atoms. The van der Waals surface area contributed by atoms with E-state index in [1.54, 1.807) is 25.4 Å². The summed E-state index contributed by atoms with van der Waals surface area (Å²) in [7, 11) is 1.63. The molecule has 98 valence electrons. The van der Waals surface area contributed by atoms with Crippen LogP contribution in [0.15, 0.2) is 53.5 Å². The number of benzene rings is 1. The predicted molar refractivity (Wildman–Crippen MR) is 74.0 cm³/mol. The van der Waals surface area contributed by atoms with E-state index in [0.29, 0.717) is 6.54 Å². The largest absolute Gasteiger partial charge is 0.334 e. The summed E-state index contributed by atoms with van der Waals surface area (Å²) in [6.45, 7) is 0.416. The van der Waals surface area contributed by atoms with E-state index in [1.165, 1.54) is 4.57 Å². The average Bonchev–Trinajstić information content (AvgIpc) is 2.43. The number of nitrogens with one attached hydrogen (secondary N) is 2. The Labute approximate surface area is 110 Å². The Hall–Kier alpha value is -2.56. The van der Waals surface area contributed by atoms with Gasteiger partial charge in [0.05, 0.1) is 0 Å². The molecule has 0 fully saturated rings. The lowest BCUT2D eigenvalue weighted by Crippen LogP contribution is -2.31. The van der Waals surface area contributed by atoms with Crippen LogP contribution in [0.25, 0.3) is 0 Å². The molecular formula is C14H15N3O2. The molecule has 1 heterocycles. The molecule has 19 heavy (non-hydrogen) atoms. The first-order chi connectivity index (χ1) is 9.16. The van der Waals surface area contributed by atoms with Crippen molar-refractivity contribution in [3.63, 3.8) is 0 Å². The molecular weight excluding hydrogens is 242 g/mol. The molecule has 1 aromatic heterocycles. The summed E-state index contributed by atoms with van der Waals surface area (Å²) in [5.74, 6) is 0. The quantitative estimate of drug-likeness (QED) is 0.879. The van der Waals surface area contributed by atoms with E-state index in [2.05, 4.69) is 10.6 Å². The van der Waals surface area contributed by atoms with Crippen molar-refractivity contribution >= 4 is 11.7 Å². The number of carbonyl (C=O) groups excluding carboxylic acids is 1. The predicted octanol–water partition coefficient (Wildman–Crippen LogP) is 1.71. The SMILES string of the molecule is Cn1cccc(NC(=O)NCc2ccccc2)c1=O. The average molecular weight is 257 g/mol. The van der Waals surface area contributed by atoms with Gasteiger partial charge in [-0.15, -0.1) is 0 Å². The van der Waals surface area contributed by atoms with Gasteiger partial charge in [-0.2, -0.15) is 0 Å². The number of amides is 2. The topological polar surface area (TPSA) is 63.1 Å². The van der Waals surface area contributed by atoms with Crippen molar-refractivity contribution in [2.45, 2.75) is 6.54 Å².